The number of hydrogen-bond donors (Lipinski definition) is 1. The van der Waals surface area contributed by atoms with Gasteiger partial charge in [-0.05, 0) is 72.5 Å². The summed E-state index contributed by atoms with van der Waals surface area (Å²) in [4.78, 5) is 35.9. The molecule has 1 saturated carbocycles. The number of alkyl halides is 1. The van der Waals surface area contributed by atoms with Gasteiger partial charge in [0, 0.05) is 37.7 Å². The lowest BCUT2D eigenvalue weighted by Crippen LogP contribution is -2.49. The Balaban J connectivity index is 1.54. The molecule has 0 radical (unpaired) electrons. The smallest absolute Gasteiger partial charge is 0.250 e. The van der Waals surface area contributed by atoms with Crippen LogP contribution >= 0.6 is 0 Å². The van der Waals surface area contributed by atoms with Crippen molar-refractivity contribution in [3.05, 3.63) is 78.5 Å². The highest BCUT2D eigenvalue weighted by Gasteiger charge is 2.51. The van der Waals surface area contributed by atoms with E-state index in [1.807, 2.05) is 24.3 Å². The van der Waals surface area contributed by atoms with Gasteiger partial charge < -0.3 is 19.1 Å². The third-order valence-corrected chi connectivity index (χ3v) is 19.7. The van der Waals surface area contributed by atoms with Gasteiger partial charge in [-0.1, -0.05) is 60.3 Å². The number of likely N-dealkylation sites (N-methyl/N-ethyl adjacent to an activating group) is 1. The number of anilines is 2. The molecule has 0 unspecified atom stereocenters. The molecule has 1 N–H and O–H groups in total. The predicted molar refractivity (Wildman–Crippen MR) is 202 cm³/mol. The first-order chi connectivity index (χ1) is 23.1. The van der Waals surface area contributed by atoms with Crippen LogP contribution in [0, 0.1) is 5.92 Å². The highest BCUT2D eigenvalue weighted by atomic mass is 28.4. The highest BCUT2D eigenvalue weighted by Crippen LogP contribution is 2.44. The second-order valence-electron chi connectivity index (χ2n) is 16.4. The van der Waals surface area contributed by atoms with E-state index in [4.69, 9.17) is 8.85 Å². The molecule has 3 aromatic rings. The lowest BCUT2D eigenvalue weighted by atomic mass is 10.1. The first kappa shape index (κ1) is 39.3. The van der Waals surface area contributed by atoms with Crippen LogP contribution in [0.5, 0.6) is 0 Å². The number of benzene rings is 1. The molecule has 1 amide bonds. The minimum absolute atomic E-state index is 0.0178. The van der Waals surface area contributed by atoms with Crippen LogP contribution in [0.25, 0.3) is 0 Å². The van der Waals surface area contributed by atoms with E-state index in [2.05, 4.69) is 94.7 Å². The van der Waals surface area contributed by atoms with Crippen LogP contribution in [0.2, 0.25) is 36.3 Å². The summed E-state index contributed by atoms with van der Waals surface area (Å²) in [7, 11) is -2.74. The largest absolute Gasteiger partial charge is 0.416 e. The average Bonchev–Trinajstić information content (AvgIpc) is 3.62. The van der Waals surface area contributed by atoms with Crippen molar-refractivity contribution in [2.24, 2.45) is 5.92 Å². The number of rotatable bonds is 13. The Hall–Kier alpha value is -3.53. The summed E-state index contributed by atoms with van der Waals surface area (Å²) in [5, 5.41) is 7.73. The van der Waals surface area contributed by atoms with E-state index in [0.717, 1.165) is 11.3 Å². The van der Waals surface area contributed by atoms with E-state index in [-0.39, 0.29) is 44.8 Å². The average molecular weight is 723 g/mol. The normalized spacial score (nSPS) is 20.1. The SMILES string of the molecule is C=CC(=O)N(C)c1cccc(Cn2ccc(C(=O)c3cncnc3N[C@@H]3C[C@H](CO[Si](C)(C)C(C)(C)C)[C@@H](O[Si](C)(C)C(C)(C)C)[C@@H]3F)n2)c1. The van der Waals surface area contributed by atoms with Crippen LogP contribution in [0.15, 0.2) is 61.7 Å². The topological polar surface area (TPSA) is 111 Å². The van der Waals surface area contributed by atoms with Gasteiger partial charge in [0.15, 0.2) is 16.6 Å². The van der Waals surface area contributed by atoms with Gasteiger partial charge in [-0.2, -0.15) is 5.10 Å². The number of amides is 1. The van der Waals surface area contributed by atoms with Gasteiger partial charge in [0.2, 0.25) is 11.7 Å². The fourth-order valence-corrected chi connectivity index (χ4v) is 7.82. The molecule has 0 spiro atoms. The molecule has 50 heavy (non-hydrogen) atoms. The summed E-state index contributed by atoms with van der Waals surface area (Å²) < 4.78 is 31.6. The quantitative estimate of drug-likeness (QED) is 0.109. The van der Waals surface area contributed by atoms with Gasteiger partial charge in [-0.15, -0.1) is 0 Å². The second kappa shape index (κ2) is 15.0. The van der Waals surface area contributed by atoms with Crippen molar-refractivity contribution in [1.29, 1.82) is 0 Å². The zero-order valence-electron chi connectivity index (χ0n) is 31.6. The number of hydrogen-bond acceptors (Lipinski definition) is 8. The molecule has 2 aromatic heterocycles. The summed E-state index contributed by atoms with van der Waals surface area (Å²) in [6.45, 7) is 26.1. The Kier molecular flexibility index (Phi) is 11.8. The third kappa shape index (κ3) is 8.85. The summed E-state index contributed by atoms with van der Waals surface area (Å²) in [5.74, 6) is -0.506. The molecule has 4 atom stereocenters. The van der Waals surface area contributed by atoms with E-state index < -0.39 is 35.0 Å². The van der Waals surface area contributed by atoms with Gasteiger partial charge in [0.25, 0.3) is 0 Å². The number of nitrogens with zero attached hydrogens (tertiary/aromatic N) is 5. The number of carbonyl (C=O) groups is 2. The van der Waals surface area contributed by atoms with Gasteiger partial charge in [0.05, 0.1) is 24.3 Å². The number of ketones is 1. The molecule has 0 saturated heterocycles. The van der Waals surface area contributed by atoms with Crippen LogP contribution in [-0.2, 0) is 20.2 Å². The van der Waals surface area contributed by atoms with Crippen molar-refractivity contribution in [3.8, 4) is 0 Å². The fraction of sp³-hybridized carbons (Fsp3) is 0.541. The molecule has 0 aliphatic heterocycles. The number of carbonyl (C=O) groups excluding carboxylic acids is 2. The van der Waals surface area contributed by atoms with Crippen molar-refractivity contribution < 1.29 is 22.8 Å². The van der Waals surface area contributed by atoms with Crippen molar-refractivity contribution in [2.75, 3.05) is 23.9 Å². The maximum atomic E-state index is 16.6. The van der Waals surface area contributed by atoms with Crippen LogP contribution in [0.4, 0.5) is 15.9 Å². The van der Waals surface area contributed by atoms with E-state index in [9.17, 15) is 9.59 Å². The summed E-state index contributed by atoms with van der Waals surface area (Å²) in [6, 6.07) is 8.51. The first-order valence-electron chi connectivity index (χ1n) is 17.2. The molecule has 13 heteroatoms. The van der Waals surface area contributed by atoms with Gasteiger partial charge in [-0.3, -0.25) is 14.3 Å². The maximum Gasteiger partial charge on any atom is 0.250 e. The third-order valence-electron chi connectivity index (χ3n) is 10.7. The Labute approximate surface area is 299 Å². The molecule has 1 aliphatic rings. The molecule has 1 aliphatic carbocycles. The molecule has 2 heterocycles. The summed E-state index contributed by atoms with van der Waals surface area (Å²) in [6.07, 6.45) is 4.25. The van der Waals surface area contributed by atoms with Crippen molar-refractivity contribution in [2.45, 2.75) is 109 Å². The Bertz CT molecular complexity index is 1680. The molecular formula is C37H55FN6O4Si2. The monoisotopic (exact) mass is 722 g/mol. The number of aromatic nitrogens is 4. The number of halogens is 1. The second-order valence-corrected chi connectivity index (χ2v) is 26.0. The van der Waals surface area contributed by atoms with E-state index >= 15 is 4.39 Å². The Morgan fingerprint density at radius 1 is 1.10 bits per heavy atom. The minimum atomic E-state index is -2.33. The highest BCUT2D eigenvalue weighted by molar-refractivity contribution is 6.74. The standard InChI is InChI=1S/C37H55FN6O4Si2/c1-13-31(45)43(8)27-16-14-15-25(19-27)22-44-18-17-29(42-44)33(46)28-21-39-24-40-35(28)41-30-20-26(23-47-49(9,10)36(2,3)4)34(32(30)38)48-50(11,12)37(5,6)7/h13-19,21,24,26,30,32,34H,1,20,22-23H2,2-12H3,(H,39,40,41)/t26-,30-,32-,34-/m1/s1. The molecule has 272 valence electrons. The molecule has 0 bridgehead atoms. The zero-order chi connectivity index (χ0) is 37.2. The van der Waals surface area contributed by atoms with E-state index in [0.29, 0.717) is 19.6 Å². The van der Waals surface area contributed by atoms with Gasteiger partial charge >= 0.3 is 0 Å². The Morgan fingerprint density at radius 2 is 1.78 bits per heavy atom. The zero-order valence-corrected chi connectivity index (χ0v) is 33.6. The fourth-order valence-electron chi connectivity index (χ4n) is 5.40. The van der Waals surface area contributed by atoms with E-state index in [1.165, 1.54) is 23.5 Å². The lowest BCUT2D eigenvalue weighted by molar-refractivity contribution is -0.113. The predicted octanol–water partition coefficient (Wildman–Crippen LogP) is 7.65. The van der Waals surface area contributed by atoms with Crippen LogP contribution in [0.1, 0.15) is 69.6 Å². The number of nitrogens with one attached hydrogen (secondary N) is 1. The maximum absolute atomic E-state index is 16.6. The first-order valence-corrected chi connectivity index (χ1v) is 23.1. The Morgan fingerprint density at radius 3 is 2.42 bits per heavy atom. The lowest BCUT2D eigenvalue weighted by Gasteiger charge is -2.41. The van der Waals surface area contributed by atoms with E-state index in [1.54, 1.807) is 24.0 Å². The van der Waals surface area contributed by atoms with Crippen molar-refractivity contribution >= 4 is 39.8 Å². The summed E-state index contributed by atoms with van der Waals surface area (Å²) in [5.41, 5.74) is 2.03. The van der Waals surface area contributed by atoms with Crippen molar-refractivity contribution in [3.63, 3.8) is 0 Å². The van der Waals surface area contributed by atoms with Gasteiger partial charge in [0.1, 0.15) is 24.0 Å². The van der Waals surface area contributed by atoms with Gasteiger partial charge in [-0.25, -0.2) is 14.4 Å². The molecule has 4 rings (SSSR count). The molecule has 1 fully saturated rings. The molecule has 1 aromatic carbocycles. The minimum Gasteiger partial charge on any atom is -0.416 e. The van der Waals surface area contributed by atoms with Crippen LogP contribution < -0.4 is 10.2 Å². The van der Waals surface area contributed by atoms with Crippen LogP contribution in [-0.4, -0.2) is 80.0 Å². The van der Waals surface area contributed by atoms with Crippen LogP contribution in [0.3, 0.4) is 0 Å². The molecular weight excluding hydrogens is 668 g/mol. The molecule has 10 nitrogen and oxygen atoms in total. The van der Waals surface area contributed by atoms with Crippen molar-refractivity contribution in [1.82, 2.24) is 19.7 Å². The summed E-state index contributed by atoms with van der Waals surface area (Å²) >= 11 is 0.